The first-order valence-electron chi connectivity index (χ1n) is 3.65. The van der Waals surface area contributed by atoms with Gasteiger partial charge in [-0.25, -0.2) is 0 Å². The van der Waals surface area contributed by atoms with E-state index in [1.807, 2.05) is 0 Å². The van der Waals surface area contributed by atoms with Crippen LogP contribution in [0.2, 0.25) is 12.6 Å². The van der Waals surface area contributed by atoms with Gasteiger partial charge in [-0.1, -0.05) is 13.3 Å². The zero-order valence-electron chi connectivity index (χ0n) is 6.52. The highest BCUT2D eigenvalue weighted by atomic mass is 28.4. The normalized spacial score (nSPS) is 33.5. The lowest BCUT2D eigenvalue weighted by molar-refractivity contribution is 0.756. The molecular weight excluding hydrogens is 158 g/mol. The van der Waals surface area contributed by atoms with Crippen LogP contribution in [-0.4, -0.2) is 22.5 Å². The largest absolute Gasteiger partial charge is 0.343 e. The first-order valence-corrected chi connectivity index (χ1v) is 7.65. The Bertz CT molecular complexity index is 167. The summed E-state index contributed by atoms with van der Waals surface area (Å²) in [7, 11) is -1.66. The third-order valence-corrected chi connectivity index (χ3v) is 11.5. The van der Waals surface area contributed by atoms with Crippen molar-refractivity contribution in [3.63, 3.8) is 0 Å². The standard InChI is InChI=1S/C5H13N3Si2/c1-3-4-10(2)7-9-8(10)5-6/h7H,3-4,9H2,1-2H3. The van der Waals surface area contributed by atoms with Crippen LogP contribution in [-0.2, 0) is 0 Å². The molecule has 1 atom stereocenters. The summed E-state index contributed by atoms with van der Waals surface area (Å²) >= 11 is 0. The highest BCUT2D eigenvalue weighted by Crippen LogP contribution is 2.18. The number of rotatable bonds is 2. The van der Waals surface area contributed by atoms with E-state index < -0.39 is 8.40 Å². The monoisotopic (exact) mass is 171 g/mol. The molecule has 10 heavy (non-hydrogen) atoms. The third-order valence-electron chi connectivity index (χ3n) is 2.07. The molecule has 0 saturated carbocycles. The minimum absolute atomic E-state index is 0.322. The summed E-state index contributed by atoms with van der Waals surface area (Å²) in [5.41, 5.74) is 0. The van der Waals surface area contributed by atoms with Crippen molar-refractivity contribution in [3.05, 3.63) is 0 Å². The van der Waals surface area contributed by atoms with Crippen molar-refractivity contribution >= 4 is 18.2 Å². The molecule has 1 aliphatic heterocycles. The first kappa shape index (κ1) is 7.79. The fourth-order valence-corrected chi connectivity index (χ4v) is 7.42. The molecule has 1 rings (SSSR count). The molecule has 0 radical (unpaired) electrons. The molecule has 1 saturated heterocycles. The quantitative estimate of drug-likeness (QED) is 0.464. The average molecular weight is 171 g/mol. The number of hydrogen-bond acceptors (Lipinski definition) is 3. The van der Waals surface area contributed by atoms with Crippen molar-refractivity contribution in [1.29, 1.82) is 5.26 Å². The Morgan fingerprint density at radius 2 is 2.50 bits per heavy atom. The summed E-state index contributed by atoms with van der Waals surface area (Å²) in [6.45, 7) is 4.41. The maximum Gasteiger partial charge on any atom is 0.225 e. The lowest BCUT2D eigenvalue weighted by Crippen LogP contribution is -2.76. The van der Waals surface area contributed by atoms with Gasteiger partial charge in [0.25, 0.3) is 0 Å². The molecular formula is C5H13N3Si2. The molecule has 3 nitrogen and oxygen atoms in total. The molecule has 0 aromatic rings. The van der Waals surface area contributed by atoms with E-state index in [1.165, 1.54) is 12.5 Å². The van der Waals surface area contributed by atoms with Crippen molar-refractivity contribution in [2.24, 2.45) is 0 Å². The van der Waals surface area contributed by atoms with Crippen molar-refractivity contribution in [2.45, 2.75) is 25.9 Å². The molecule has 5 heteroatoms. The number of hydrogen-bond donors (Lipinski definition) is 1. The summed E-state index contributed by atoms with van der Waals surface area (Å²) in [5, 5.41) is 8.65. The van der Waals surface area contributed by atoms with E-state index in [0.717, 1.165) is 0 Å². The van der Waals surface area contributed by atoms with E-state index in [0.29, 0.717) is 0 Å². The molecule has 1 N–H and O–H groups in total. The third kappa shape index (κ3) is 1.10. The van der Waals surface area contributed by atoms with Gasteiger partial charge in [-0.05, 0) is 12.6 Å². The first-order chi connectivity index (χ1) is 4.73. The van der Waals surface area contributed by atoms with Crippen LogP contribution in [0.3, 0.4) is 0 Å². The van der Waals surface area contributed by atoms with Gasteiger partial charge in [0, 0.05) is 0 Å². The summed E-state index contributed by atoms with van der Waals surface area (Å²) in [6, 6.07) is 1.22. The van der Waals surface area contributed by atoms with E-state index in [2.05, 4.69) is 28.5 Å². The Labute approximate surface area is 65.2 Å². The molecule has 0 spiro atoms. The van der Waals surface area contributed by atoms with Gasteiger partial charge in [0.2, 0.25) is 8.40 Å². The summed E-state index contributed by atoms with van der Waals surface area (Å²) in [4.78, 5) is 0. The molecule has 56 valence electrons. The van der Waals surface area contributed by atoms with Crippen LogP contribution in [0.1, 0.15) is 13.3 Å². The molecule has 1 unspecified atom stereocenters. The summed E-state index contributed by atoms with van der Waals surface area (Å²) < 4.78 is 5.56. The van der Waals surface area contributed by atoms with Crippen LogP contribution in [0.15, 0.2) is 0 Å². The highest BCUT2D eigenvalue weighted by molar-refractivity contribution is 6.91. The minimum Gasteiger partial charge on any atom is -0.343 e. The smallest absolute Gasteiger partial charge is 0.225 e. The van der Waals surface area contributed by atoms with Crippen LogP contribution in [0, 0.1) is 11.5 Å². The maximum atomic E-state index is 8.65. The van der Waals surface area contributed by atoms with Gasteiger partial charge in [-0.3, -0.25) is 0 Å². The van der Waals surface area contributed by atoms with E-state index in [-0.39, 0.29) is 9.84 Å². The van der Waals surface area contributed by atoms with Gasteiger partial charge in [-0.2, -0.15) is 5.26 Å². The van der Waals surface area contributed by atoms with E-state index in [4.69, 9.17) is 5.26 Å². The Kier molecular flexibility index (Phi) is 2.13. The Balaban J connectivity index is 2.46. The number of nitriles is 1. The van der Waals surface area contributed by atoms with Crippen LogP contribution in [0.4, 0.5) is 0 Å². The fraction of sp³-hybridized carbons (Fsp3) is 0.800. The minimum atomic E-state index is -1.34. The lowest BCUT2D eigenvalue weighted by atomic mass is 10.6. The van der Waals surface area contributed by atoms with Crippen molar-refractivity contribution in [1.82, 2.24) is 8.88 Å². The molecule has 0 aromatic heterocycles. The molecule has 1 aliphatic rings. The van der Waals surface area contributed by atoms with Crippen LogP contribution in [0.5, 0.6) is 0 Å². The van der Waals surface area contributed by atoms with Crippen LogP contribution >= 0.6 is 0 Å². The molecule has 0 aromatic carbocycles. The van der Waals surface area contributed by atoms with Gasteiger partial charge in [0.05, 0.1) is 0 Å². The fourth-order valence-electron chi connectivity index (χ4n) is 1.28. The Hall–Kier alpha value is -0.316. The highest BCUT2D eigenvalue weighted by Gasteiger charge is 2.41. The molecule has 0 aliphatic carbocycles. The predicted molar refractivity (Wildman–Crippen MR) is 45.8 cm³/mol. The van der Waals surface area contributed by atoms with Gasteiger partial charge < -0.3 is 8.88 Å². The van der Waals surface area contributed by atoms with Crippen LogP contribution < -0.4 is 4.65 Å². The summed E-state index contributed by atoms with van der Waals surface area (Å²) in [6.07, 6.45) is 3.47. The lowest BCUT2D eigenvalue weighted by Gasteiger charge is -2.46. The SMILES string of the molecule is CCC[Si]1(C)N[SiH2]N1C#N. The van der Waals surface area contributed by atoms with E-state index in [9.17, 15) is 0 Å². The zero-order chi connectivity index (χ0) is 7.61. The number of nitrogens with zero attached hydrogens (tertiary/aromatic N) is 2. The van der Waals surface area contributed by atoms with E-state index in [1.54, 1.807) is 0 Å². The van der Waals surface area contributed by atoms with Gasteiger partial charge >= 0.3 is 0 Å². The van der Waals surface area contributed by atoms with Gasteiger partial charge in [-0.15, -0.1) is 0 Å². The van der Waals surface area contributed by atoms with Gasteiger partial charge in [0.15, 0.2) is 16.0 Å². The second-order valence-electron chi connectivity index (χ2n) is 2.89. The molecule has 1 heterocycles. The second-order valence-corrected chi connectivity index (χ2v) is 9.47. The van der Waals surface area contributed by atoms with Gasteiger partial charge in [0.1, 0.15) is 0 Å². The van der Waals surface area contributed by atoms with Crippen molar-refractivity contribution in [2.75, 3.05) is 0 Å². The maximum absolute atomic E-state index is 8.65. The Morgan fingerprint density at radius 3 is 2.80 bits per heavy atom. The predicted octanol–water partition coefficient (Wildman–Crippen LogP) is -0.147. The van der Waals surface area contributed by atoms with E-state index >= 15 is 0 Å². The van der Waals surface area contributed by atoms with Crippen molar-refractivity contribution in [3.8, 4) is 6.19 Å². The second kappa shape index (κ2) is 2.74. The van der Waals surface area contributed by atoms with Crippen molar-refractivity contribution < 1.29 is 0 Å². The summed E-state index contributed by atoms with van der Waals surface area (Å²) in [5.74, 6) is 0. The molecule has 0 bridgehead atoms. The average Bonchev–Trinajstić information content (AvgIpc) is 1.88. The molecule has 0 amide bonds. The molecule has 1 fully saturated rings. The zero-order valence-corrected chi connectivity index (χ0v) is 8.93. The van der Waals surface area contributed by atoms with Crippen LogP contribution in [0.25, 0.3) is 0 Å². The Morgan fingerprint density at radius 1 is 1.80 bits per heavy atom. The topological polar surface area (TPSA) is 39.1 Å². The number of nitrogens with one attached hydrogen (secondary N) is 1.